The van der Waals surface area contributed by atoms with Gasteiger partial charge in [-0.25, -0.2) is 0 Å². The predicted octanol–water partition coefficient (Wildman–Crippen LogP) is 3.68. The van der Waals surface area contributed by atoms with Crippen molar-refractivity contribution in [2.45, 2.75) is 51.1 Å². The minimum absolute atomic E-state index is 0.145. The number of hydrogen-bond donors (Lipinski definition) is 0. The summed E-state index contributed by atoms with van der Waals surface area (Å²) >= 11 is 0. The van der Waals surface area contributed by atoms with Crippen LogP contribution in [-0.4, -0.2) is 40.7 Å². The quantitative estimate of drug-likeness (QED) is 0.799. The minimum Gasteiger partial charge on any atom is -0.338 e. The van der Waals surface area contributed by atoms with Crippen LogP contribution in [0.2, 0.25) is 0 Å². The number of nitrogens with zero attached hydrogens (tertiary/aromatic N) is 2. The summed E-state index contributed by atoms with van der Waals surface area (Å²) in [6.07, 6.45) is 2.21. The number of aryl methyl sites for hydroxylation is 1. The van der Waals surface area contributed by atoms with E-state index in [4.69, 9.17) is 0 Å². The Morgan fingerprint density at radius 1 is 1.18 bits per heavy atom. The van der Waals surface area contributed by atoms with Crippen molar-refractivity contribution in [2.24, 2.45) is 0 Å². The van der Waals surface area contributed by atoms with Crippen LogP contribution in [0.25, 0.3) is 0 Å². The molecule has 0 bridgehead atoms. The highest BCUT2D eigenvalue weighted by Crippen LogP contribution is 2.44. The summed E-state index contributed by atoms with van der Waals surface area (Å²) in [6, 6.07) is 18.6. The second-order valence-corrected chi connectivity index (χ2v) is 8.17. The van der Waals surface area contributed by atoms with Gasteiger partial charge in [-0.3, -0.25) is 9.59 Å². The Morgan fingerprint density at radius 3 is 2.64 bits per heavy atom. The number of carbonyl (C=O) groups excluding carboxylic acids is 2. The van der Waals surface area contributed by atoms with Gasteiger partial charge in [-0.05, 0) is 37.8 Å². The molecule has 2 saturated heterocycles. The van der Waals surface area contributed by atoms with Crippen LogP contribution < -0.4 is 0 Å². The Bertz CT molecular complexity index is 879. The lowest BCUT2D eigenvalue weighted by Crippen LogP contribution is -2.48. The summed E-state index contributed by atoms with van der Waals surface area (Å²) < 4.78 is 0. The first-order valence-corrected chi connectivity index (χ1v) is 10.2. The molecule has 4 nitrogen and oxygen atoms in total. The standard InChI is InChI=1S/C24H28N2O2/c1-3-25(16-19-9-5-4-6-10-19)23(28)24(20-11-7-8-18(2)14-20)15-21-12-13-22(27)26(21)17-24/h4-11,14,21H,3,12-13,15-17H2,1-2H3. The van der Waals surface area contributed by atoms with Crippen LogP contribution in [-0.2, 0) is 21.5 Å². The summed E-state index contributed by atoms with van der Waals surface area (Å²) in [6.45, 7) is 5.85. The first-order chi connectivity index (χ1) is 13.5. The summed E-state index contributed by atoms with van der Waals surface area (Å²) in [5.74, 6) is 0.338. The molecule has 4 heteroatoms. The van der Waals surface area contributed by atoms with Crippen molar-refractivity contribution in [1.82, 2.24) is 9.80 Å². The third kappa shape index (κ3) is 3.21. The topological polar surface area (TPSA) is 40.6 Å². The van der Waals surface area contributed by atoms with E-state index >= 15 is 0 Å². The third-order valence-electron chi connectivity index (χ3n) is 6.34. The largest absolute Gasteiger partial charge is 0.338 e. The number of likely N-dealkylation sites (N-methyl/N-ethyl adjacent to an activating group) is 1. The van der Waals surface area contributed by atoms with Gasteiger partial charge in [0.1, 0.15) is 0 Å². The lowest BCUT2D eigenvalue weighted by Gasteiger charge is -2.35. The van der Waals surface area contributed by atoms with Gasteiger partial charge in [0.05, 0.1) is 5.41 Å². The Balaban J connectivity index is 1.71. The minimum atomic E-state index is -0.641. The van der Waals surface area contributed by atoms with Crippen LogP contribution in [0, 0.1) is 6.92 Å². The van der Waals surface area contributed by atoms with Gasteiger partial charge in [-0.15, -0.1) is 0 Å². The lowest BCUT2D eigenvalue weighted by atomic mass is 9.76. The maximum Gasteiger partial charge on any atom is 0.235 e. The molecule has 146 valence electrons. The average Bonchev–Trinajstić information content (AvgIpc) is 3.26. The number of fused-ring (bicyclic) bond motifs is 1. The van der Waals surface area contributed by atoms with Gasteiger partial charge in [0.15, 0.2) is 0 Å². The van der Waals surface area contributed by atoms with E-state index < -0.39 is 5.41 Å². The number of carbonyl (C=O) groups is 2. The van der Waals surface area contributed by atoms with Crippen LogP contribution in [0.1, 0.15) is 42.9 Å². The second-order valence-electron chi connectivity index (χ2n) is 8.17. The van der Waals surface area contributed by atoms with Crippen molar-refractivity contribution in [3.05, 3.63) is 71.3 Å². The van der Waals surface area contributed by atoms with E-state index in [2.05, 4.69) is 37.3 Å². The van der Waals surface area contributed by atoms with Crippen molar-refractivity contribution in [1.29, 1.82) is 0 Å². The maximum absolute atomic E-state index is 13.9. The fourth-order valence-corrected chi connectivity index (χ4v) is 4.84. The third-order valence-corrected chi connectivity index (χ3v) is 6.34. The van der Waals surface area contributed by atoms with Crippen molar-refractivity contribution < 1.29 is 9.59 Å². The number of rotatable bonds is 5. The normalized spacial score (nSPS) is 23.7. The Kier molecular flexibility index (Phi) is 4.96. The van der Waals surface area contributed by atoms with E-state index in [-0.39, 0.29) is 17.9 Å². The van der Waals surface area contributed by atoms with Crippen LogP contribution in [0.4, 0.5) is 0 Å². The number of hydrogen-bond acceptors (Lipinski definition) is 2. The summed E-state index contributed by atoms with van der Waals surface area (Å²) in [5.41, 5.74) is 2.68. The van der Waals surface area contributed by atoms with Gasteiger partial charge in [0.25, 0.3) is 0 Å². The average molecular weight is 377 g/mol. The molecule has 2 aliphatic heterocycles. The summed E-state index contributed by atoms with van der Waals surface area (Å²) in [5, 5.41) is 0. The highest BCUT2D eigenvalue weighted by Gasteiger charge is 2.54. The molecule has 2 amide bonds. The Morgan fingerprint density at radius 2 is 1.96 bits per heavy atom. The number of benzene rings is 2. The molecule has 28 heavy (non-hydrogen) atoms. The molecule has 0 aromatic heterocycles. The van der Waals surface area contributed by atoms with E-state index in [9.17, 15) is 9.59 Å². The van der Waals surface area contributed by atoms with E-state index in [0.717, 1.165) is 29.5 Å². The van der Waals surface area contributed by atoms with Gasteiger partial charge in [-0.2, -0.15) is 0 Å². The van der Waals surface area contributed by atoms with Crippen LogP contribution in [0.3, 0.4) is 0 Å². The first kappa shape index (κ1) is 18.7. The van der Waals surface area contributed by atoms with Crippen LogP contribution in [0.5, 0.6) is 0 Å². The van der Waals surface area contributed by atoms with Gasteiger partial charge in [0.2, 0.25) is 11.8 Å². The molecule has 0 N–H and O–H groups in total. The van der Waals surface area contributed by atoms with E-state index in [1.807, 2.05) is 41.0 Å². The Labute approximate surface area is 167 Å². The molecule has 0 radical (unpaired) electrons. The van der Waals surface area contributed by atoms with Crippen molar-refractivity contribution in [3.63, 3.8) is 0 Å². The zero-order chi connectivity index (χ0) is 19.7. The van der Waals surface area contributed by atoms with Crippen molar-refractivity contribution in [2.75, 3.05) is 13.1 Å². The molecule has 2 aromatic rings. The van der Waals surface area contributed by atoms with Gasteiger partial charge in [-0.1, -0.05) is 60.2 Å². The van der Waals surface area contributed by atoms with Crippen molar-refractivity contribution in [3.8, 4) is 0 Å². The highest BCUT2D eigenvalue weighted by molar-refractivity contribution is 5.91. The zero-order valence-corrected chi connectivity index (χ0v) is 16.7. The number of amides is 2. The molecule has 2 heterocycles. The van der Waals surface area contributed by atoms with Gasteiger partial charge in [0, 0.05) is 32.1 Å². The van der Waals surface area contributed by atoms with Crippen LogP contribution >= 0.6 is 0 Å². The van der Waals surface area contributed by atoms with Gasteiger partial charge < -0.3 is 9.80 Å². The van der Waals surface area contributed by atoms with Gasteiger partial charge >= 0.3 is 0 Å². The summed E-state index contributed by atoms with van der Waals surface area (Å²) in [7, 11) is 0. The molecular weight excluding hydrogens is 348 g/mol. The molecule has 2 aliphatic rings. The molecule has 0 saturated carbocycles. The SMILES string of the molecule is CCN(Cc1ccccc1)C(=O)C1(c2cccc(C)c2)CC2CCC(=O)N2C1. The summed E-state index contributed by atoms with van der Waals surface area (Å²) in [4.78, 5) is 30.2. The fourth-order valence-electron chi connectivity index (χ4n) is 4.84. The molecule has 4 rings (SSSR count). The van der Waals surface area contributed by atoms with E-state index in [1.54, 1.807) is 0 Å². The molecule has 2 fully saturated rings. The molecule has 2 unspecified atom stereocenters. The zero-order valence-electron chi connectivity index (χ0n) is 16.7. The lowest BCUT2D eigenvalue weighted by molar-refractivity contribution is -0.138. The molecule has 0 spiro atoms. The molecular formula is C24H28N2O2. The van der Waals surface area contributed by atoms with Crippen molar-refractivity contribution >= 4 is 11.8 Å². The molecule has 2 atom stereocenters. The monoisotopic (exact) mass is 376 g/mol. The molecule has 2 aromatic carbocycles. The maximum atomic E-state index is 13.9. The second kappa shape index (κ2) is 7.42. The molecule has 0 aliphatic carbocycles. The first-order valence-electron chi connectivity index (χ1n) is 10.2. The Hall–Kier alpha value is -2.62. The van der Waals surface area contributed by atoms with Crippen LogP contribution in [0.15, 0.2) is 54.6 Å². The fraction of sp³-hybridized carbons (Fsp3) is 0.417. The highest BCUT2D eigenvalue weighted by atomic mass is 16.2. The van der Waals surface area contributed by atoms with E-state index in [0.29, 0.717) is 26.1 Å². The smallest absolute Gasteiger partial charge is 0.235 e. The van der Waals surface area contributed by atoms with E-state index in [1.165, 1.54) is 0 Å². The predicted molar refractivity (Wildman–Crippen MR) is 110 cm³/mol.